The maximum Gasteiger partial charge on any atom is 0.335 e. The fraction of sp³-hybridized carbons (Fsp3) is 0.562. The average Bonchev–Trinajstić information content (AvgIpc) is 2.47. The third-order valence-corrected chi connectivity index (χ3v) is 4.82. The molecule has 1 saturated carbocycles. The molecule has 0 atom stereocenters. The lowest BCUT2D eigenvalue weighted by atomic mass is 9.87. The predicted molar refractivity (Wildman–Crippen MR) is 84.4 cm³/mol. The van der Waals surface area contributed by atoms with Crippen molar-refractivity contribution in [1.82, 2.24) is 5.32 Å². The van der Waals surface area contributed by atoms with E-state index < -0.39 is 5.97 Å². The number of thioether (sulfide) groups is 1. The maximum absolute atomic E-state index is 10.9. The molecular formula is C16H23NO2S. The van der Waals surface area contributed by atoms with Gasteiger partial charge in [0, 0.05) is 12.6 Å². The van der Waals surface area contributed by atoms with Crippen molar-refractivity contribution in [3.8, 4) is 0 Å². The summed E-state index contributed by atoms with van der Waals surface area (Å²) >= 11 is 1.95. The molecule has 3 nitrogen and oxygen atoms in total. The van der Waals surface area contributed by atoms with Crippen molar-refractivity contribution in [2.45, 2.75) is 38.3 Å². The summed E-state index contributed by atoms with van der Waals surface area (Å²) in [6, 6.07) is 7.78. The van der Waals surface area contributed by atoms with E-state index in [4.69, 9.17) is 5.11 Å². The van der Waals surface area contributed by atoms with Crippen molar-refractivity contribution >= 4 is 17.7 Å². The molecule has 1 aliphatic carbocycles. The lowest BCUT2D eigenvalue weighted by Crippen LogP contribution is -2.33. The maximum atomic E-state index is 10.9. The molecule has 0 unspecified atom stereocenters. The molecule has 0 spiro atoms. The van der Waals surface area contributed by atoms with E-state index >= 15 is 0 Å². The van der Waals surface area contributed by atoms with Gasteiger partial charge in [0.25, 0.3) is 0 Å². The molecule has 1 aromatic rings. The van der Waals surface area contributed by atoms with E-state index in [1.807, 2.05) is 23.9 Å². The van der Waals surface area contributed by atoms with Crippen LogP contribution in [0.4, 0.5) is 0 Å². The number of aromatic carboxylic acids is 1. The van der Waals surface area contributed by atoms with Gasteiger partial charge in [0.1, 0.15) is 0 Å². The number of carboxylic acids is 1. The molecule has 0 bridgehead atoms. The van der Waals surface area contributed by atoms with Crippen LogP contribution < -0.4 is 5.32 Å². The highest BCUT2D eigenvalue weighted by Crippen LogP contribution is 2.26. The Labute approximate surface area is 125 Å². The van der Waals surface area contributed by atoms with E-state index in [9.17, 15) is 4.79 Å². The summed E-state index contributed by atoms with van der Waals surface area (Å²) in [5.41, 5.74) is 1.42. The lowest BCUT2D eigenvalue weighted by Gasteiger charge is -2.28. The van der Waals surface area contributed by atoms with Gasteiger partial charge in [-0.3, -0.25) is 0 Å². The third-order valence-electron chi connectivity index (χ3n) is 4.02. The van der Waals surface area contributed by atoms with Crippen LogP contribution in [0, 0.1) is 5.92 Å². The first-order chi connectivity index (χ1) is 9.69. The van der Waals surface area contributed by atoms with Crippen LogP contribution in [0.5, 0.6) is 0 Å². The summed E-state index contributed by atoms with van der Waals surface area (Å²) in [7, 11) is 0. The van der Waals surface area contributed by atoms with Gasteiger partial charge >= 0.3 is 5.97 Å². The molecule has 2 N–H and O–H groups in total. The van der Waals surface area contributed by atoms with Gasteiger partial charge < -0.3 is 10.4 Å². The minimum Gasteiger partial charge on any atom is -0.478 e. The topological polar surface area (TPSA) is 49.3 Å². The van der Waals surface area contributed by atoms with Gasteiger partial charge in [-0.2, -0.15) is 11.8 Å². The molecule has 0 saturated heterocycles. The minimum absolute atomic E-state index is 0.368. The van der Waals surface area contributed by atoms with E-state index in [0.717, 1.165) is 18.0 Å². The zero-order valence-corrected chi connectivity index (χ0v) is 12.8. The van der Waals surface area contributed by atoms with Crippen molar-refractivity contribution in [3.63, 3.8) is 0 Å². The van der Waals surface area contributed by atoms with Gasteiger partial charge in [-0.25, -0.2) is 4.79 Å². The Hall–Kier alpha value is -1.00. The highest BCUT2D eigenvalue weighted by Gasteiger charge is 2.20. The Balaban J connectivity index is 1.78. The molecule has 2 rings (SSSR count). The van der Waals surface area contributed by atoms with Crippen molar-refractivity contribution in [3.05, 3.63) is 35.4 Å². The van der Waals surface area contributed by atoms with Crippen LogP contribution in [0.1, 0.15) is 41.6 Å². The van der Waals surface area contributed by atoms with Gasteiger partial charge in [-0.15, -0.1) is 0 Å². The van der Waals surface area contributed by atoms with Gasteiger partial charge in [0.2, 0.25) is 0 Å². The van der Waals surface area contributed by atoms with Crippen molar-refractivity contribution in [2.24, 2.45) is 5.92 Å². The second-order valence-corrected chi connectivity index (χ2v) is 6.47. The zero-order chi connectivity index (χ0) is 14.4. The van der Waals surface area contributed by atoms with Crippen LogP contribution in [-0.4, -0.2) is 29.1 Å². The molecule has 4 heteroatoms. The number of carbonyl (C=O) groups is 1. The van der Waals surface area contributed by atoms with E-state index in [2.05, 4.69) is 11.6 Å². The van der Waals surface area contributed by atoms with Gasteiger partial charge in [-0.05, 0) is 61.3 Å². The van der Waals surface area contributed by atoms with Crippen LogP contribution in [0.3, 0.4) is 0 Å². The molecule has 1 fully saturated rings. The molecule has 0 radical (unpaired) electrons. The first kappa shape index (κ1) is 15.4. The smallest absolute Gasteiger partial charge is 0.335 e. The second-order valence-electron chi connectivity index (χ2n) is 5.56. The fourth-order valence-corrected chi connectivity index (χ4v) is 3.65. The molecule has 0 aromatic heterocycles. The standard InChI is InChI=1S/C16H23NO2S/c1-20-11-12-5-7-15(8-6-12)17-10-13-3-2-4-14(9-13)16(18)19/h2-4,9,12,15,17H,5-8,10-11H2,1H3,(H,18,19). The lowest BCUT2D eigenvalue weighted by molar-refractivity contribution is 0.0696. The van der Waals surface area contributed by atoms with Crippen LogP contribution >= 0.6 is 11.8 Å². The molecule has 1 aliphatic rings. The highest BCUT2D eigenvalue weighted by atomic mass is 32.2. The second kappa shape index (κ2) is 7.70. The monoisotopic (exact) mass is 293 g/mol. The van der Waals surface area contributed by atoms with Crippen LogP contribution in [0.15, 0.2) is 24.3 Å². The predicted octanol–water partition coefficient (Wildman–Crippen LogP) is 3.40. The first-order valence-electron chi connectivity index (χ1n) is 7.23. The molecule has 1 aromatic carbocycles. The normalized spacial score (nSPS) is 22.6. The van der Waals surface area contributed by atoms with Gasteiger partial charge in [0.05, 0.1) is 5.56 Å². The quantitative estimate of drug-likeness (QED) is 0.844. The van der Waals surface area contributed by atoms with Crippen molar-refractivity contribution < 1.29 is 9.90 Å². The Morgan fingerprint density at radius 1 is 1.35 bits per heavy atom. The van der Waals surface area contributed by atoms with Crippen LogP contribution in [0.25, 0.3) is 0 Å². The summed E-state index contributed by atoms with van der Waals surface area (Å²) in [5.74, 6) is 1.32. The van der Waals surface area contributed by atoms with Crippen LogP contribution in [0.2, 0.25) is 0 Å². The minimum atomic E-state index is -0.857. The van der Waals surface area contributed by atoms with E-state index in [1.54, 1.807) is 12.1 Å². The number of benzene rings is 1. The SMILES string of the molecule is CSCC1CCC(NCc2cccc(C(=O)O)c2)CC1. The summed E-state index contributed by atoms with van der Waals surface area (Å²) in [4.78, 5) is 10.9. The van der Waals surface area contributed by atoms with Crippen molar-refractivity contribution in [2.75, 3.05) is 12.0 Å². The van der Waals surface area contributed by atoms with E-state index in [0.29, 0.717) is 11.6 Å². The first-order valence-corrected chi connectivity index (χ1v) is 8.63. The molecule has 20 heavy (non-hydrogen) atoms. The Bertz CT molecular complexity index is 442. The third kappa shape index (κ3) is 4.53. The molecule has 0 heterocycles. The van der Waals surface area contributed by atoms with Gasteiger partial charge in [0.15, 0.2) is 0 Å². The van der Waals surface area contributed by atoms with E-state index in [-0.39, 0.29) is 0 Å². The average molecular weight is 293 g/mol. The number of nitrogens with one attached hydrogen (secondary N) is 1. The highest BCUT2D eigenvalue weighted by molar-refractivity contribution is 7.98. The Morgan fingerprint density at radius 3 is 2.75 bits per heavy atom. The van der Waals surface area contributed by atoms with Gasteiger partial charge in [-0.1, -0.05) is 12.1 Å². The zero-order valence-electron chi connectivity index (χ0n) is 12.0. The molecular weight excluding hydrogens is 270 g/mol. The number of carboxylic acid groups (broad SMARTS) is 1. The Kier molecular flexibility index (Phi) is 5.92. The number of rotatable bonds is 6. The molecule has 0 aliphatic heterocycles. The summed E-state index contributed by atoms with van der Waals surface area (Å²) in [6.07, 6.45) is 7.29. The fourth-order valence-electron chi connectivity index (χ4n) is 2.85. The summed E-state index contributed by atoms with van der Waals surface area (Å²) < 4.78 is 0. The summed E-state index contributed by atoms with van der Waals surface area (Å²) in [6.45, 7) is 0.763. The van der Waals surface area contributed by atoms with E-state index in [1.165, 1.54) is 31.4 Å². The molecule has 110 valence electrons. The Morgan fingerprint density at radius 2 is 2.10 bits per heavy atom. The molecule has 0 amide bonds. The van der Waals surface area contributed by atoms with Crippen LogP contribution in [-0.2, 0) is 6.54 Å². The number of hydrogen-bond acceptors (Lipinski definition) is 3. The number of hydrogen-bond donors (Lipinski definition) is 2. The summed E-state index contributed by atoms with van der Waals surface area (Å²) in [5, 5.41) is 12.6. The largest absolute Gasteiger partial charge is 0.478 e. The van der Waals surface area contributed by atoms with Crippen molar-refractivity contribution in [1.29, 1.82) is 0 Å².